The second-order valence-electron chi connectivity index (χ2n) is 7.42. The van der Waals surface area contributed by atoms with E-state index >= 15 is 0 Å². The van der Waals surface area contributed by atoms with Gasteiger partial charge in [-0.15, -0.1) is 0 Å². The summed E-state index contributed by atoms with van der Waals surface area (Å²) in [6.07, 6.45) is 0.810. The van der Waals surface area contributed by atoms with Gasteiger partial charge in [-0.2, -0.15) is 0 Å². The van der Waals surface area contributed by atoms with E-state index < -0.39 is 6.04 Å². The van der Waals surface area contributed by atoms with Gasteiger partial charge in [0, 0.05) is 12.0 Å². The quantitative estimate of drug-likeness (QED) is 0.583. The number of nitrogens with one attached hydrogen (secondary N) is 2. The van der Waals surface area contributed by atoms with Gasteiger partial charge in [-0.05, 0) is 23.8 Å². The number of hydrogen-bond donors (Lipinski definition) is 2. The molecule has 1 aliphatic heterocycles. The molecule has 3 aromatic carbocycles. The summed E-state index contributed by atoms with van der Waals surface area (Å²) in [4.78, 5) is 25.8. The van der Waals surface area contributed by atoms with Gasteiger partial charge in [-0.3, -0.25) is 9.59 Å². The molecule has 1 aliphatic rings. The van der Waals surface area contributed by atoms with Crippen LogP contribution in [0.1, 0.15) is 46.4 Å². The predicted molar refractivity (Wildman–Crippen MR) is 120 cm³/mol. The topological polar surface area (TPSA) is 67.4 Å². The van der Waals surface area contributed by atoms with Gasteiger partial charge in [0.15, 0.2) is 0 Å². The molecule has 0 saturated carbocycles. The van der Waals surface area contributed by atoms with Gasteiger partial charge in [0.05, 0.1) is 35.7 Å². The number of halogens is 1. The first-order chi connectivity index (χ1) is 15.1. The van der Waals surface area contributed by atoms with Gasteiger partial charge in [0.25, 0.3) is 5.91 Å². The fourth-order valence-electron chi connectivity index (χ4n) is 3.75. The monoisotopic (exact) mass is 434 g/mol. The van der Waals surface area contributed by atoms with E-state index in [1.165, 1.54) is 0 Å². The van der Waals surface area contributed by atoms with E-state index in [4.69, 9.17) is 16.3 Å². The fourth-order valence-corrected chi connectivity index (χ4v) is 3.97. The lowest BCUT2D eigenvalue weighted by molar-refractivity contribution is -0.122. The van der Waals surface area contributed by atoms with Crippen molar-refractivity contribution in [3.05, 3.63) is 101 Å². The summed E-state index contributed by atoms with van der Waals surface area (Å²) in [5.41, 5.74) is 2.20. The molecule has 158 valence electrons. The molecular weight excluding hydrogens is 412 g/mol. The molecule has 0 aliphatic carbocycles. The minimum atomic E-state index is -0.486. The maximum atomic E-state index is 13.0. The van der Waals surface area contributed by atoms with Crippen LogP contribution in [0.4, 0.5) is 0 Å². The van der Waals surface area contributed by atoms with Crippen LogP contribution in [-0.4, -0.2) is 18.4 Å². The summed E-state index contributed by atoms with van der Waals surface area (Å²) in [6.45, 7) is 0.549. The SMILES string of the molecule is O=C(C[C@@H](NC(=O)c1ccccc1Cl)c1ccccc1)N[C@@H]1CCOc2ccccc21. The van der Waals surface area contributed by atoms with E-state index in [0.717, 1.165) is 16.9 Å². The molecule has 2 amide bonds. The molecule has 1 heterocycles. The van der Waals surface area contributed by atoms with Crippen molar-refractivity contribution in [3.63, 3.8) is 0 Å². The normalized spacial score (nSPS) is 15.8. The minimum Gasteiger partial charge on any atom is -0.493 e. The van der Waals surface area contributed by atoms with Crippen LogP contribution in [0.3, 0.4) is 0 Å². The maximum Gasteiger partial charge on any atom is 0.253 e. The van der Waals surface area contributed by atoms with Gasteiger partial charge in [0.1, 0.15) is 5.75 Å². The van der Waals surface area contributed by atoms with Gasteiger partial charge in [-0.25, -0.2) is 0 Å². The number of hydrogen-bond acceptors (Lipinski definition) is 3. The molecule has 2 atom stereocenters. The van der Waals surface area contributed by atoms with E-state index in [2.05, 4.69) is 10.6 Å². The molecule has 6 heteroatoms. The fraction of sp³-hybridized carbons (Fsp3) is 0.200. The molecule has 0 unspecified atom stereocenters. The third-order valence-electron chi connectivity index (χ3n) is 5.31. The molecule has 0 bridgehead atoms. The summed E-state index contributed by atoms with van der Waals surface area (Å²) >= 11 is 6.18. The van der Waals surface area contributed by atoms with E-state index in [1.807, 2.05) is 54.6 Å². The smallest absolute Gasteiger partial charge is 0.253 e. The first kappa shape index (κ1) is 20.9. The Balaban J connectivity index is 1.50. The Bertz CT molecular complexity index is 1070. The van der Waals surface area contributed by atoms with Crippen molar-refractivity contribution in [2.75, 3.05) is 6.61 Å². The van der Waals surface area contributed by atoms with Crippen molar-refractivity contribution < 1.29 is 14.3 Å². The first-order valence-electron chi connectivity index (χ1n) is 10.2. The highest BCUT2D eigenvalue weighted by molar-refractivity contribution is 6.33. The molecule has 0 spiro atoms. The summed E-state index contributed by atoms with van der Waals surface area (Å²) in [5, 5.41) is 6.44. The largest absolute Gasteiger partial charge is 0.493 e. The number of ether oxygens (including phenoxy) is 1. The van der Waals surface area contributed by atoms with E-state index in [-0.39, 0.29) is 24.3 Å². The molecular formula is C25H23ClN2O3. The lowest BCUT2D eigenvalue weighted by Crippen LogP contribution is -2.36. The number of benzene rings is 3. The number of amides is 2. The Morgan fingerprint density at radius 3 is 2.48 bits per heavy atom. The lowest BCUT2D eigenvalue weighted by Gasteiger charge is -2.27. The number of rotatable bonds is 6. The van der Waals surface area contributed by atoms with E-state index in [9.17, 15) is 9.59 Å². The molecule has 0 aromatic heterocycles. The molecule has 2 N–H and O–H groups in total. The second kappa shape index (κ2) is 9.67. The number of carbonyl (C=O) groups is 2. The Kier molecular flexibility index (Phi) is 6.53. The Hall–Kier alpha value is -3.31. The number of fused-ring (bicyclic) bond motifs is 1. The Morgan fingerprint density at radius 2 is 1.68 bits per heavy atom. The predicted octanol–water partition coefficient (Wildman–Crippen LogP) is 4.84. The average Bonchev–Trinajstić information content (AvgIpc) is 2.80. The molecule has 3 aromatic rings. The van der Waals surface area contributed by atoms with E-state index in [1.54, 1.807) is 24.3 Å². The number of para-hydroxylation sites is 1. The molecule has 31 heavy (non-hydrogen) atoms. The third-order valence-corrected chi connectivity index (χ3v) is 5.64. The van der Waals surface area contributed by atoms with Crippen molar-refractivity contribution in [1.82, 2.24) is 10.6 Å². The molecule has 0 radical (unpaired) electrons. The van der Waals surface area contributed by atoms with Crippen LogP contribution in [0.2, 0.25) is 5.02 Å². The van der Waals surface area contributed by atoms with Crippen LogP contribution in [-0.2, 0) is 4.79 Å². The van der Waals surface area contributed by atoms with E-state index in [0.29, 0.717) is 23.6 Å². The highest BCUT2D eigenvalue weighted by Gasteiger charge is 2.25. The zero-order valence-corrected chi connectivity index (χ0v) is 17.6. The third kappa shape index (κ3) is 5.06. The van der Waals surface area contributed by atoms with Crippen molar-refractivity contribution >= 4 is 23.4 Å². The molecule has 4 rings (SSSR count). The molecule has 5 nitrogen and oxygen atoms in total. The lowest BCUT2D eigenvalue weighted by atomic mass is 9.99. The van der Waals surface area contributed by atoms with Crippen LogP contribution < -0.4 is 15.4 Å². The van der Waals surface area contributed by atoms with Crippen LogP contribution in [0.25, 0.3) is 0 Å². The van der Waals surface area contributed by atoms with Crippen molar-refractivity contribution in [2.45, 2.75) is 24.9 Å². The average molecular weight is 435 g/mol. The highest BCUT2D eigenvalue weighted by atomic mass is 35.5. The molecule has 0 fully saturated rings. The van der Waals surface area contributed by atoms with Gasteiger partial charge in [0.2, 0.25) is 5.91 Å². The molecule has 0 saturated heterocycles. The van der Waals surface area contributed by atoms with Crippen LogP contribution in [0.5, 0.6) is 5.75 Å². The van der Waals surface area contributed by atoms with Crippen LogP contribution in [0, 0.1) is 0 Å². The Morgan fingerprint density at radius 1 is 0.968 bits per heavy atom. The zero-order valence-electron chi connectivity index (χ0n) is 16.9. The van der Waals surface area contributed by atoms with Crippen LogP contribution >= 0.6 is 11.6 Å². The summed E-state index contributed by atoms with van der Waals surface area (Å²) in [7, 11) is 0. The summed E-state index contributed by atoms with van der Waals surface area (Å²) in [6, 6.07) is 23.4. The summed E-state index contributed by atoms with van der Waals surface area (Å²) < 4.78 is 5.68. The van der Waals surface area contributed by atoms with Crippen molar-refractivity contribution in [1.29, 1.82) is 0 Å². The van der Waals surface area contributed by atoms with Crippen molar-refractivity contribution in [2.24, 2.45) is 0 Å². The standard InChI is InChI=1S/C25H23ClN2O3/c26-20-12-6-4-10-18(20)25(30)28-22(17-8-2-1-3-9-17)16-24(29)27-21-14-15-31-23-13-7-5-11-19(21)23/h1-13,21-22H,14-16H2,(H,27,29)(H,28,30)/t21-,22-/m1/s1. The highest BCUT2D eigenvalue weighted by Crippen LogP contribution is 2.32. The first-order valence-corrected chi connectivity index (χ1v) is 10.6. The van der Waals surface area contributed by atoms with Crippen molar-refractivity contribution in [3.8, 4) is 5.75 Å². The minimum absolute atomic E-state index is 0.111. The maximum absolute atomic E-state index is 13.0. The second-order valence-corrected chi connectivity index (χ2v) is 7.82. The Labute approximate surface area is 186 Å². The van der Waals surface area contributed by atoms with Gasteiger partial charge < -0.3 is 15.4 Å². The number of carbonyl (C=O) groups excluding carboxylic acids is 2. The van der Waals surface area contributed by atoms with Gasteiger partial charge in [-0.1, -0.05) is 72.3 Å². The van der Waals surface area contributed by atoms with Crippen LogP contribution in [0.15, 0.2) is 78.9 Å². The van der Waals surface area contributed by atoms with Gasteiger partial charge >= 0.3 is 0 Å². The summed E-state index contributed by atoms with van der Waals surface area (Å²) in [5.74, 6) is 0.337. The zero-order chi connectivity index (χ0) is 21.6.